The Labute approximate surface area is 130 Å². The molecule has 0 aliphatic carbocycles. The van der Waals surface area contributed by atoms with Crippen molar-refractivity contribution in [1.82, 2.24) is 4.90 Å². The van der Waals surface area contributed by atoms with Gasteiger partial charge in [-0.1, -0.05) is 28.1 Å². The molecule has 20 heavy (non-hydrogen) atoms. The van der Waals surface area contributed by atoms with Crippen molar-refractivity contribution in [2.75, 3.05) is 12.3 Å². The molecule has 2 aromatic rings. The summed E-state index contributed by atoms with van der Waals surface area (Å²) in [6, 6.07) is 10.1. The van der Waals surface area contributed by atoms with Gasteiger partial charge in [-0.25, -0.2) is 0 Å². The van der Waals surface area contributed by atoms with Crippen LogP contribution in [0.4, 0.5) is 5.69 Å². The van der Waals surface area contributed by atoms with Crippen molar-refractivity contribution in [3.8, 4) is 0 Å². The van der Waals surface area contributed by atoms with E-state index >= 15 is 0 Å². The maximum atomic E-state index is 12.6. The van der Waals surface area contributed by atoms with Crippen molar-refractivity contribution in [1.29, 1.82) is 0 Å². The molecule has 104 valence electrons. The summed E-state index contributed by atoms with van der Waals surface area (Å²) in [4.78, 5) is 15.2. The molecular formula is C15H15BrN2OS. The maximum absolute atomic E-state index is 12.6. The molecule has 1 aromatic heterocycles. The molecule has 3 rings (SSSR count). The van der Waals surface area contributed by atoms with Crippen molar-refractivity contribution >= 4 is 38.9 Å². The van der Waals surface area contributed by atoms with E-state index in [0.29, 0.717) is 10.6 Å². The lowest BCUT2D eigenvalue weighted by molar-refractivity contribution is 0.0741. The molecule has 0 spiro atoms. The molecule has 2 heterocycles. The fraction of sp³-hybridized carbons (Fsp3) is 0.267. The van der Waals surface area contributed by atoms with Gasteiger partial charge in [-0.3, -0.25) is 4.79 Å². The topological polar surface area (TPSA) is 46.3 Å². The van der Waals surface area contributed by atoms with Gasteiger partial charge in [0.1, 0.15) is 4.88 Å². The lowest BCUT2D eigenvalue weighted by Crippen LogP contribution is -2.30. The van der Waals surface area contributed by atoms with Gasteiger partial charge in [-0.15, -0.1) is 11.3 Å². The van der Waals surface area contributed by atoms with Crippen LogP contribution in [-0.4, -0.2) is 17.4 Å². The highest BCUT2D eigenvalue weighted by Crippen LogP contribution is 2.35. The highest BCUT2D eigenvalue weighted by Gasteiger charge is 2.31. The largest absolute Gasteiger partial charge is 0.397 e. The monoisotopic (exact) mass is 350 g/mol. The number of thiophene rings is 1. The van der Waals surface area contributed by atoms with Crippen LogP contribution in [0.1, 0.15) is 34.1 Å². The molecule has 1 fully saturated rings. The van der Waals surface area contributed by atoms with Crippen LogP contribution in [-0.2, 0) is 0 Å². The Balaban J connectivity index is 1.90. The van der Waals surface area contributed by atoms with Crippen LogP contribution in [0.25, 0.3) is 0 Å². The zero-order chi connectivity index (χ0) is 14.1. The lowest BCUT2D eigenvalue weighted by atomic mass is 10.0. The van der Waals surface area contributed by atoms with Crippen molar-refractivity contribution in [2.24, 2.45) is 0 Å². The Kier molecular flexibility index (Phi) is 3.81. The van der Waals surface area contributed by atoms with Crippen LogP contribution in [0.15, 0.2) is 40.2 Å². The number of amides is 1. The molecule has 1 saturated heterocycles. The van der Waals surface area contributed by atoms with Crippen LogP contribution in [0.5, 0.6) is 0 Å². The molecule has 0 radical (unpaired) electrons. The highest BCUT2D eigenvalue weighted by atomic mass is 79.9. The standard InChI is InChI=1S/C15H15BrN2OS/c16-11-4-1-3-10(9-11)13-5-2-7-18(13)15(19)14-12(17)6-8-20-14/h1,3-4,6,8-9,13H,2,5,7,17H2. The molecule has 1 amide bonds. The van der Waals surface area contributed by atoms with Gasteiger partial charge in [-0.2, -0.15) is 0 Å². The van der Waals surface area contributed by atoms with Crippen LogP contribution in [0, 0.1) is 0 Å². The first kappa shape index (κ1) is 13.6. The van der Waals surface area contributed by atoms with Crippen molar-refractivity contribution in [2.45, 2.75) is 18.9 Å². The summed E-state index contributed by atoms with van der Waals surface area (Å²) in [5.41, 5.74) is 7.64. The molecule has 2 N–H and O–H groups in total. The van der Waals surface area contributed by atoms with Gasteiger partial charge in [0.25, 0.3) is 5.91 Å². The lowest BCUT2D eigenvalue weighted by Gasteiger charge is -2.25. The van der Waals surface area contributed by atoms with Crippen LogP contribution >= 0.6 is 27.3 Å². The fourth-order valence-electron chi connectivity index (χ4n) is 2.69. The number of anilines is 1. The molecule has 5 heteroatoms. The Morgan fingerprint density at radius 1 is 1.40 bits per heavy atom. The number of rotatable bonds is 2. The van der Waals surface area contributed by atoms with Crippen molar-refractivity contribution in [3.63, 3.8) is 0 Å². The smallest absolute Gasteiger partial charge is 0.266 e. The summed E-state index contributed by atoms with van der Waals surface area (Å²) in [6.45, 7) is 0.799. The Morgan fingerprint density at radius 2 is 2.25 bits per heavy atom. The molecule has 1 aliphatic rings. The number of nitrogen functional groups attached to an aromatic ring is 1. The summed E-state index contributed by atoms with van der Waals surface area (Å²) < 4.78 is 1.05. The zero-order valence-corrected chi connectivity index (χ0v) is 13.3. The Hall–Kier alpha value is -1.33. The van der Waals surface area contributed by atoms with E-state index in [1.165, 1.54) is 16.9 Å². The first-order valence-corrected chi connectivity index (χ1v) is 8.23. The van der Waals surface area contributed by atoms with E-state index in [9.17, 15) is 4.79 Å². The van der Waals surface area contributed by atoms with Crippen LogP contribution in [0.3, 0.4) is 0 Å². The molecule has 0 bridgehead atoms. The third-order valence-corrected chi connectivity index (χ3v) is 5.05. The molecule has 1 aliphatic heterocycles. The minimum atomic E-state index is 0.0555. The number of hydrogen-bond acceptors (Lipinski definition) is 3. The molecular weight excluding hydrogens is 336 g/mol. The summed E-state index contributed by atoms with van der Waals surface area (Å²) in [5.74, 6) is 0.0555. The van der Waals surface area contributed by atoms with E-state index in [2.05, 4.69) is 28.1 Å². The summed E-state index contributed by atoms with van der Waals surface area (Å²) in [7, 11) is 0. The van der Waals surface area contributed by atoms with E-state index in [1.807, 2.05) is 22.4 Å². The molecule has 3 nitrogen and oxygen atoms in total. The average molecular weight is 351 g/mol. The summed E-state index contributed by atoms with van der Waals surface area (Å²) in [6.07, 6.45) is 2.04. The first-order chi connectivity index (χ1) is 9.66. The van der Waals surface area contributed by atoms with Crippen molar-refractivity contribution in [3.05, 3.63) is 50.6 Å². The quantitative estimate of drug-likeness (QED) is 0.887. The minimum Gasteiger partial charge on any atom is -0.397 e. The summed E-state index contributed by atoms with van der Waals surface area (Å²) >= 11 is 4.91. The second-order valence-electron chi connectivity index (χ2n) is 4.92. The molecule has 0 saturated carbocycles. The fourth-order valence-corrected chi connectivity index (χ4v) is 3.88. The molecule has 1 unspecified atom stereocenters. The third kappa shape index (κ3) is 2.47. The van der Waals surface area contributed by atoms with E-state index < -0.39 is 0 Å². The van der Waals surface area contributed by atoms with Gasteiger partial charge in [-0.05, 0) is 42.0 Å². The number of nitrogens with zero attached hydrogens (tertiary/aromatic N) is 1. The predicted molar refractivity (Wildman–Crippen MR) is 85.9 cm³/mol. The van der Waals surface area contributed by atoms with Gasteiger partial charge in [0.05, 0.1) is 11.7 Å². The van der Waals surface area contributed by atoms with Gasteiger partial charge in [0, 0.05) is 11.0 Å². The third-order valence-electron chi connectivity index (χ3n) is 3.64. The predicted octanol–water partition coefficient (Wildman–Crippen LogP) is 4.07. The Bertz CT molecular complexity index is 640. The van der Waals surface area contributed by atoms with Gasteiger partial charge in [0.2, 0.25) is 0 Å². The van der Waals surface area contributed by atoms with E-state index in [4.69, 9.17) is 5.73 Å². The normalized spacial score (nSPS) is 18.4. The van der Waals surface area contributed by atoms with Crippen LogP contribution in [0.2, 0.25) is 0 Å². The van der Waals surface area contributed by atoms with Gasteiger partial charge < -0.3 is 10.6 Å². The van der Waals surface area contributed by atoms with Gasteiger partial charge >= 0.3 is 0 Å². The number of nitrogens with two attached hydrogens (primary N) is 1. The number of hydrogen-bond donors (Lipinski definition) is 1. The average Bonchev–Trinajstić information content (AvgIpc) is 3.06. The molecule has 1 atom stereocenters. The second-order valence-corrected chi connectivity index (χ2v) is 6.75. The maximum Gasteiger partial charge on any atom is 0.266 e. The van der Waals surface area contributed by atoms with E-state index in [0.717, 1.165) is 23.9 Å². The number of carbonyl (C=O) groups excluding carboxylic acids is 1. The number of benzene rings is 1. The number of carbonyl (C=O) groups is 1. The highest BCUT2D eigenvalue weighted by molar-refractivity contribution is 9.10. The van der Waals surface area contributed by atoms with Crippen molar-refractivity contribution < 1.29 is 4.79 Å². The number of likely N-dealkylation sites (tertiary alicyclic amines) is 1. The van der Waals surface area contributed by atoms with Crippen LogP contribution < -0.4 is 5.73 Å². The van der Waals surface area contributed by atoms with Gasteiger partial charge in [0.15, 0.2) is 0 Å². The second kappa shape index (κ2) is 5.58. The zero-order valence-electron chi connectivity index (χ0n) is 10.9. The van der Waals surface area contributed by atoms with E-state index in [1.54, 1.807) is 6.07 Å². The summed E-state index contributed by atoms with van der Waals surface area (Å²) in [5, 5.41) is 1.87. The SMILES string of the molecule is Nc1ccsc1C(=O)N1CCCC1c1cccc(Br)c1. The Morgan fingerprint density at radius 3 is 2.95 bits per heavy atom. The molecule has 1 aromatic carbocycles. The number of halogens is 1. The first-order valence-electron chi connectivity index (χ1n) is 6.56. The minimum absolute atomic E-state index is 0.0555. The van der Waals surface area contributed by atoms with E-state index in [-0.39, 0.29) is 11.9 Å².